The third kappa shape index (κ3) is 4.05. The highest BCUT2D eigenvalue weighted by atomic mass is 32.2. The quantitative estimate of drug-likeness (QED) is 0.445. The van der Waals surface area contributed by atoms with Gasteiger partial charge in [0.05, 0.1) is 0 Å². The number of aliphatic hydroxyl groups excluding tert-OH is 1. The van der Waals surface area contributed by atoms with E-state index >= 15 is 0 Å². The lowest BCUT2D eigenvalue weighted by molar-refractivity contribution is -0.141. The number of carboxylic acids is 1. The molecule has 0 saturated carbocycles. The number of carbonyl (C=O) groups is 1. The van der Waals surface area contributed by atoms with Crippen molar-refractivity contribution in [2.75, 3.05) is 5.75 Å². The number of aliphatic carboxylic acids is 1. The molecule has 1 unspecified atom stereocenters. The van der Waals surface area contributed by atoms with Crippen LogP contribution in [0.1, 0.15) is 0 Å². The Kier molecular flexibility index (Phi) is 4.17. The fraction of sp³-hybridized carbons (Fsp3) is 0.400. The van der Waals surface area contributed by atoms with Gasteiger partial charge in [0.1, 0.15) is 0 Å². The average Bonchev–Trinajstić information content (AvgIpc) is 1.82. The van der Waals surface area contributed by atoms with E-state index in [1.807, 2.05) is 0 Å². The summed E-state index contributed by atoms with van der Waals surface area (Å²) in [5.74, 6) is -0.755. The summed E-state index contributed by atoms with van der Waals surface area (Å²) in [6, 6.07) is 0. The molecule has 3 nitrogen and oxygen atoms in total. The minimum atomic E-state index is -1.32. The molecule has 2 N–H and O–H groups in total. The van der Waals surface area contributed by atoms with E-state index in [0.29, 0.717) is 5.75 Å². The number of hydrogen-bond acceptors (Lipinski definition) is 3. The second-order valence-electron chi connectivity index (χ2n) is 1.31. The summed E-state index contributed by atoms with van der Waals surface area (Å²) in [6.45, 7) is 3.37. The van der Waals surface area contributed by atoms with Crippen molar-refractivity contribution in [3.63, 3.8) is 0 Å². The summed E-state index contributed by atoms with van der Waals surface area (Å²) in [5.41, 5.74) is -1.32. The molecule has 0 bridgehead atoms. The molecule has 0 fully saturated rings. The lowest BCUT2D eigenvalue weighted by atomic mass is 10.7. The van der Waals surface area contributed by atoms with Crippen LogP contribution in [0.25, 0.3) is 0 Å². The predicted molar refractivity (Wildman–Crippen MR) is 36.3 cm³/mol. The van der Waals surface area contributed by atoms with E-state index in [-0.39, 0.29) is 0 Å². The van der Waals surface area contributed by atoms with E-state index in [0.717, 1.165) is 11.8 Å². The Labute approximate surface area is 57.4 Å². The molecule has 0 spiro atoms. The van der Waals surface area contributed by atoms with Crippen molar-refractivity contribution in [3.05, 3.63) is 12.7 Å². The Bertz CT molecular complexity index is 113. The first kappa shape index (κ1) is 8.52. The standard InChI is InChI=1S/C5H8O3S/c1-2-3-9-5(8)4(6)7/h2,5,8H,1,3H2,(H,6,7). The number of thioether (sulfide) groups is 1. The molecule has 0 aromatic rings. The molecule has 0 aromatic heterocycles. The first-order valence-electron chi connectivity index (χ1n) is 2.32. The van der Waals surface area contributed by atoms with Crippen LogP contribution in [-0.4, -0.2) is 27.4 Å². The summed E-state index contributed by atoms with van der Waals surface area (Å²) < 4.78 is 0. The van der Waals surface area contributed by atoms with E-state index in [9.17, 15) is 4.79 Å². The third-order valence-corrected chi connectivity index (χ3v) is 1.53. The van der Waals surface area contributed by atoms with Gasteiger partial charge in [-0.25, -0.2) is 4.79 Å². The Balaban J connectivity index is 3.37. The Morgan fingerprint density at radius 2 is 2.44 bits per heavy atom. The van der Waals surface area contributed by atoms with Crippen molar-refractivity contribution in [1.29, 1.82) is 0 Å². The fourth-order valence-electron chi connectivity index (χ4n) is 0.230. The van der Waals surface area contributed by atoms with Crippen molar-refractivity contribution < 1.29 is 15.0 Å². The first-order valence-corrected chi connectivity index (χ1v) is 3.36. The minimum absolute atomic E-state index is 0.452. The maximum absolute atomic E-state index is 9.90. The molecule has 4 heteroatoms. The van der Waals surface area contributed by atoms with Crippen LogP contribution in [0.3, 0.4) is 0 Å². The van der Waals surface area contributed by atoms with E-state index in [1.54, 1.807) is 0 Å². The molecule has 0 saturated heterocycles. The van der Waals surface area contributed by atoms with Gasteiger partial charge in [0.25, 0.3) is 0 Å². The topological polar surface area (TPSA) is 57.5 Å². The number of rotatable bonds is 4. The Morgan fingerprint density at radius 3 is 2.78 bits per heavy atom. The van der Waals surface area contributed by atoms with Crippen LogP contribution in [0.2, 0.25) is 0 Å². The number of hydrogen-bond donors (Lipinski definition) is 2. The monoisotopic (exact) mass is 148 g/mol. The van der Waals surface area contributed by atoms with Crippen molar-refractivity contribution >= 4 is 17.7 Å². The Hall–Kier alpha value is -0.480. The van der Waals surface area contributed by atoms with Gasteiger partial charge >= 0.3 is 5.97 Å². The highest BCUT2D eigenvalue weighted by molar-refractivity contribution is 8.00. The molecule has 0 amide bonds. The highest BCUT2D eigenvalue weighted by Gasteiger charge is 2.10. The van der Waals surface area contributed by atoms with Crippen LogP contribution in [-0.2, 0) is 4.79 Å². The number of carboxylic acid groups (broad SMARTS) is 1. The average molecular weight is 148 g/mol. The van der Waals surface area contributed by atoms with Crippen molar-refractivity contribution in [3.8, 4) is 0 Å². The van der Waals surface area contributed by atoms with Crippen molar-refractivity contribution in [1.82, 2.24) is 0 Å². The summed E-state index contributed by atoms with van der Waals surface area (Å²) in [5, 5.41) is 16.7. The van der Waals surface area contributed by atoms with Gasteiger partial charge in [0.15, 0.2) is 5.44 Å². The van der Waals surface area contributed by atoms with Gasteiger partial charge in [0, 0.05) is 5.75 Å². The van der Waals surface area contributed by atoms with Crippen molar-refractivity contribution in [2.45, 2.75) is 5.44 Å². The zero-order chi connectivity index (χ0) is 7.28. The van der Waals surface area contributed by atoms with E-state index in [4.69, 9.17) is 10.2 Å². The lowest BCUT2D eigenvalue weighted by Gasteiger charge is -1.99. The molecule has 0 aliphatic heterocycles. The Morgan fingerprint density at radius 1 is 1.89 bits per heavy atom. The molecule has 0 rings (SSSR count). The molecule has 52 valence electrons. The SMILES string of the molecule is C=CCSC(O)C(=O)O. The molecule has 0 radical (unpaired) electrons. The third-order valence-electron chi connectivity index (χ3n) is 0.583. The zero-order valence-electron chi connectivity index (χ0n) is 4.78. The summed E-state index contributed by atoms with van der Waals surface area (Å²) in [7, 11) is 0. The molecule has 0 heterocycles. The maximum atomic E-state index is 9.90. The van der Waals surface area contributed by atoms with Gasteiger partial charge in [-0.2, -0.15) is 0 Å². The van der Waals surface area contributed by atoms with Gasteiger partial charge in [-0.1, -0.05) is 6.08 Å². The van der Waals surface area contributed by atoms with Gasteiger partial charge in [-0.3, -0.25) is 0 Å². The highest BCUT2D eigenvalue weighted by Crippen LogP contribution is 2.06. The summed E-state index contributed by atoms with van der Waals surface area (Å²) in [4.78, 5) is 9.90. The fourth-order valence-corrected chi connectivity index (χ4v) is 0.691. The summed E-state index contributed by atoms with van der Waals surface area (Å²) >= 11 is 0.922. The van der Waals surface area contributed by atoms with Gasteiger partial charge < -0.3 is 10.2 Å². The molecule has 1 atom stereocenters. The van der Waals surface area contributed by atoms with Crippen LogP contribution >= 0.6 is 11.8 Å². The molecule has 0 aliphatic rings. The van der Waals surface area contributed by atoms with Crippen LogP contribution in [0.5, 0.6) is 0 Å². The first-order chi connectivity index (χ1) is 4.18. The molecular formula is C5H8O3S. The van der Waals surface area contributed by atoms with E-state index in [2.05, 4.69) is 6.58 Å². The second-order valence-corrected chi connectivity index (χ2v) is 2.43. The molecular weight excluding hydrogens is 140 g/mol. The van der Waals surface area contributed by atoms with Crippen LogP contribution in [0.15, 0.2) is 12.7 Å². The second kappa shape index (κ2) is 4.40. The van der Waals surface area contributed by atoms with E-state index in [1.165, 1.54) is 6.08 Å². The molecule has 0 aromatic carbocycles. The van der Waals surface area contributed by atoms with E-state index < -0.39 is 11.4 Å². The summed E-state index contributed by atoms with van der Waals surface area (Å²) in [6.07, 6.45) is 1.54. The number of aliphatic hydroxyl groups is 1. The largest absolute Gasteiger partial charge is 0.479 e. The molecule has 9 heavy (non-hydrogen) atoms. The minimum Gasteiger partial charge on any atom is -0.479 e. The van der Waals surface area contributed by atoms with Gasteiger partial charge in [-0.15, -0.1) is 18.3 Å². The molecule has 0 aliphatic carbocycles. The van der Waals surface area contributed by atoms with Gasteiger partial charge in [0.2, 0.25) is 0 Å². The van der Waals surface area contributed by atoms with Crippen LogP contribution < -0.4 is 0 Å². The maximum Gasteiger partial charge on any atom is 0.343 e. The normalized spacial score (nSPS) is 12.6. The van der Waals surface area contributed by atoms with Crippen molar-refractivity contribution in [2.24, 2.45) is 0 Å². The van der Waals surface area contributed by atoms with Crippen LogP contribution in [0, 0.1) is 0 Å². The van der Waals surface area contributed by atoms with Gasteiger partial charge in [-0.05, 0) is 0 Å². The predicted octanol–water partition coefficient (Wildman–Crippen LogP) is 0.309. The lowest BCUT2D eigenvalue weighted by Crippen LogP contribution is -2.14. The van der Waals surface area contributed by atoms with Crippen LogP contribution in [0.4, 0.5) is 0 Å². The smallest absolute Gasteiger partial charge is 0.343 e. The zero-order valence-corrected chi connectivity index (χ0v) is 5.60.